The number of aryl methyl sites for hydroxylation is 1. The van der Waals surface area contributed by atoms with Gasteiger partial charge in [0.1, 0.15) is 0 Å². The number of hydrogen-bond donors (Lipinski definition) is 0. The summed E-state index contributed by atoms with van der Waals surface area (Å²) >= 11 is 1.43. The van der Waals surface area contributed by atoms with Crippen LogP contribution in [0.15, 0.2) is 51.0 Å². The molecule has 0 atom stereocenters. The molecule has 152 valence electrons. The van der Waals surface area contributed by atoms with E-state index in [-0.39, 0.29) is 24.4 Å². The second-order valence-electron chi connectivity index (χ2n) is 7.05. The Morgan fingerprint density at radius 3 is 2.69 bits per heavy atom. The number of para-hydroxylation sites is 2. The summed E-state index contributed by atoms with van der Waals surface area (Å²) in [6, 6.07) is 10.9. The maximum absolute atomic E-state index is 12.4. The average molecular weight is 414 g/mol. The molecule has 1 amide bonds. The van der Waals surface area contributed by atoms with Crippen molar-refractivity contribution in [2.75, 3.05) is 19.7 Å². The van der Waals surface area contributed by atoms with Crippen LogP contribution >= 0.6 is 11.3 Å². The fourth-order valence-electron chi connectivity index (χ4n) is 3.61. The number of oxazole rings is 1. The van der Waals surface area contributed by atoms with E-state index in [4.69, 9.17) is 9.15 Å². The molecule has 1 aliphatic heterocycles. The van der Waals surface area contributed by atoms with Crippen LogP contribution in [0.2, 0.25) is 0 Å². The molecule has 4 rings (SSSR count). The second-order valence-corrected chi connectivity index (χ2v) is 8.00. The molecule has 1 saturated heterocycles. The zero-order chi connectivity index (χ0) is 20.2. The lowest BCUT2D eigenvalue weighted by Gasteiger charge is -2.30. The molecular formula is C21H22N2O5S. The molecule has 2 aromatic heterocycles. The molecule has 0 saturated carbocycles. The summed E-state index contributed by atoms with van der Waals surface area (Å²) in [5.74, 6) is -0.776. The number of likely N-dealkylation sites (tertiary alicyclic amines) is 1. The van der Waals surface area contributed by atoms with E-state index in [0.717, 1.165) is 10.4 Å². The fourth-order valence-corrected chi connectivity index (χ4v) is 4.30. The number of thiophene rings is 1. The van der Waals surface area contributed by atoms with Crippen molar-refractivity contribution < 1.29 is 18.7 Å². The highest BCUT2D eigenvalue weighted by Crippen LogP contribution is 2.22. The van der Waals surface area contributed by atoms with Crippen LogP contribution < -0.4 is 5.76 Å². The van der Waals surface area contributed by atoms with E-state index < -0.39 is 5.76 Å². The van der Waals surface area contributed by atoms with Gasteiger partial charge in [0.05, 0.1) is 22.9 Å². The molecule has 1 aromatic carbocycles. The third-order valence-electron chi connectivity index (χ3n) is 5.19. The van der Waals surface area contributed by atoms with Crippen LogP contribution in [0.4, 0.5) is 0 Å². The molecule has 7 nitrogen and oxygen atoms in total. The fraction of sp³-hybridized carbons (Fsp3) is 0.381. The van der Waals surface area contributed by atoms with Crippen LogP contribution in [0.5, 0.6) is 0 Å². The minimum absolute atomic E-state index is 0.0320. The maximum Gasteiger partial charge on any atom is 0.419 e. The summed E-state index contributed by atoms with van der Waals surface area (Å²) in [4.78, 5) is 39.2. The van der Waals surface area contributed by atoms with Gasteiger partial charge in [0.15, 0.2) is 5.58 Å². The summed E-state index contributed by atoms with van der Waals surface area (Å²) in [6.07, 6.45) is 1.76. The van der Waals surface area contributed by atoms with E-state index in [9.17, 15) is 14.4 Å². The third-order valence-corrected chi connectivity index (χ3v) is 6.05. The first-order chi connectivity index (χ1) is 14.1. The first-order valence-electron chi connectivity index (χ1n) is 9.71. The van der Waals surface area contributed by atoms with Crippen LogP contribution in [0, 0.1) is 5.92 Å². The Kier molecular flexibility index (Phi) is 5.80. The molecule has 0 bridgehead atoms. The van der Waals surface area contributed by atoms with Crippen molar-refractivity contribution in [1.82, 2.24) is 9.47 Å². The quantitative estimate of drug-likeness (QED) is 0.457. The highest BCUT2D eigenvalue weighted by atomic mass is 32.1. The van der Waals surface area contributed by atoms with Crippen molar-refractivity contribution in [3.8, 4) is 0 Å². The largest absolute Gasteiger partial charge is 0.465 e. The Morgan fingerprint density at radius 2 is 1.93 bits per heavy atom. The minimum atomic E-state index is -0.402. The molecule has 1 aliphatic rings. The van der Waals surface area contributed by atoms with E-state index in [1.165, 1.54) is 11.3 Å². The zero-order valence-electron chi connectivity index (χ0n) is 15.9. The molecule has 29 heavy (non-hydrogen) atoms. The van der Waals surface area contributed by atoms with Gasteiger partial charge in [-0.25, -0.2) is 4.79 Å². The van der Waals surface area contributed by atoms with Crippen molar-refractivity contribution in [2.24, 2.45) is 5.92 Å². The highest BCUT2D eigenvalue weighted by molar-refractivity contribution is 7.12. The van der Waals surface area contributed by atoms with Crippen molar-refractivity contribution in [2.45, 2.75) is 25.8 Å². The van der Waals surface area contributed by atoms with E-state index >= 15 is 0 Å². The molecule has 0 unspecified atom stereocenters. The lowest BCUT2D eigenvalue weighted by atomic mass is 9.97. The van der Waals surface area contributed by atoms with Crippen molar-refractivity contribution in [1.29, 1.82) is 0 Å². The predicted molar refractivity (Wildman–Crippen MR) is 109 cm³/mol. The Balaban J connectivity index is 1.22. The minimum Gasteiger partial charge on any atom is -0.465 e. The summed E-state index contributed by atoms with van der Waals surface area (Å²) in [6.45, 7) is 1.80. The molecule has 0 N–H and O–H groups in total. The van der Waals surface area contributed by atoms with E-state index in [1.54, 1.807) is 15.5 Å². The summed E-state index contributed by atoms with van der Waals surface area (Å²) in [5.41, 5.74) is 1.30. The summed E-state index contributed by atoms with van der Waals surface area (Å²) in [7, 11) is 0. The Bertz CT molecular complexity index is 1040. The number of hydrogen-bond acceptors (Lipinski definition) is 6. The van der Waals surface area contributed by atoms with Crippen LogP contribution in [0.25, 0.3) is 11.1 Å². The maximum atomic E-state index is 12.4. The van der Waals surface area contributed by atoms with Gasteiger partial charge in [-0.2, -0.15) is 0 Å². The number of nitrogens with zero attached hydrogens (tertiary/aromatic N) is 2. The average Bonchev–Trinajstić information content (AvgIpc) is 3.38. The zero-order valence-corrected chi connectivity index (χ0v) is 16.7. The summed E-state index contributed by atoms with van der Waals surface area (Å²) in [5, 5.41) is 1.89. The molecule has 8 heteroatoms. The number of carbonyl (C=O) groups is 2. The van der Waals surface area contributed by atoms with E-state index in [0.29, 0.717) is 44.5 Å². The Labute approximate surface area is 171 Å². The topological polar surface area (TPSA) is 81.8 Å². The molecule has 3 aromatic rings. The van der Waals surface area contributed by atoms with Gasteiger partial charge in [0.2, 0.25) is 0 Å². The smallest absolute Gasteiger partial charge is 0.419 e. The first-order valence-corrected chi connectivity index (χ1v) is 10.6. The third kappa shape index (κ3) is 4.27. The molecule has 3 heterocycles. The van der Waals surface area contributed by atoms with Gasteiger partial charge in [0.25, 0.3) is 5.91 Å². The van der Waals surface area contributed by atoms with Crippen LogP contribution in [-0.4, -0.2) is 41.0 Å². The van der Waals surface area contributed by atoms with Gasteiger partial charge in [-0.15, -0.1) is 11.3 Å². The van der Waals surface area contributed by atoms with Crippen LogP contribution in [0.1, 0.15) is 28.9 Å². The van der Waals surface area contributed by atoms with Crippen molar-refractivity contribution in [3.05, 3.63) is 57.2 Å². The molecule has 0 radical (unpaired) electrons. The van der Waals surface area contributed by atoms with Gasteiger partial charge >= 0.3 is 11.7 Å². The standard InChI is InChI=1S/C21H22N2O5S/c24-19(18-7-3-14-29-18)22-11-8-15(9-12-22)20(25)27-13-4-10-23-16-5-1-2-6-17(16)28-21(23)26/h1-3,5-7,14-15H,4,8-13H2. The normalized spacial score (nSPS) is 15.0. The molecule has 0 aliphatic carbocycles. The Morgan fingerprint density at radius 1 is 1.14 bits per heavy atom. The molecule has 0 spiro atoms. The van der Waals surface area contributed by atoms with Gasteiger partial charge in [-0.05, 0) is 42.8 Å². The lowest BCUT2D eigenvalue weighted by Crippen LogP contribution is -2.40. The predicted octanol–water partition coefficient (Wildman–Crippen LogP) is 3.14. The Hall–Kier alpha value is -2.87. The number of fused-ring (bicyclic) bond motifs is 1. The summed E-state index contributed by atoms with van der Waals surface area (Å²) < 4.78 is 12.2. The number of carbonyl (C=O) groups excluding carboxylic acids is 2. The number of esters is 1. The van der Waals surface area contributed by atoms with E-state index in [1.807, 2.05) is 35.7 Å². The van der Waals surface area contributed by atoms with Gasteiger partial charge in [0, 0.05) is 19.6 Å². The van der Waals surface area contributed by atoms with Gasteiger partial charge in [-0.3, -0.25) is 14.2 Å². The lowest BCUT2D eigenvalue weighted by molar-refractivity contribution is -0.150. The number of aromatic nitrogens is 1. The van der Waals surface area contributed by atoms with Crippen molar-refractivity contribution in [3.63, 3.8) is 0 Å². The number of ether oxygens (including phenoxy) is 1. The van der Waals surface area contributed by atoms with Gasteiger partial charge in [-0.1, -0.05) is 18.2 Å². The van der Waals surface area contributed by atoms with Crippen molar-refractivity contribution >= 4 is 34.3 Å². The monoisotopic (exact) mass is 414 g/mol. The highest BCUT2D eigenvalue weighted by Gasteiger charge is 2.29. The molecular weight excluding hydrogens is 392 g/mol. The van der Waals surface area contributed by atoms with Crippen LogP contribution in [0.3, 0.4) is 0 Å². The van der Waals surface area contributed by atoms with Gasteiger partial charge < -0.3 is 14.1 Å². The number of benzene rings is 1. The SMILES string of the molecule is O=C(OCCCn1c(=O)oc2ccccc21)C1CCN(C(=O)c2cccs2)CC1. The van der Waals surface area contributed by atoms with Crippen LogP contribution in [-0.2, 0) is 16.1 Å². The first kappa shape index (κ1) is 19.4. The number of amides is 1. The number of rotatable bonds is 6. The molecule has 1 fully saturated rings. The second kappa shape index (κ2) is 8.65. The van der Waals surface area contributed by atoms with E-state index in [2.05, 4.69) is 0 Å². The number of piperidine rings is 1.